The maximum Gasteiger partial charge on any atom is 0.225 e. The molecule has 0 saturated heterocycles. The predicted molar refractivity (Wildman–Crippen MR) is 68.0 cm³/mol. The van der Waals surface area contributed by atoms with Gasteiger partial charge in [-0.15, -0.1) is 23.2 Å². The van der Waals surface area contributed by atoms with Crippen LogP contribution in [-0.4, -0.2) is 23.2 Å². The highest BCUT2D eigenvalue weighted by molar-refractivity contribution is 6.22. The highest BCUT2D eigenvalue weighted by Crippen LogP contribution is 2.14. The number of carbonyl (C=O) groups is 1. The summed E-state index contributed by atoms with van der Waals surface area (Å²) in [4.78, 5) is 11.7. The molecule has 0 aliphatic heterocycles. The van der Waals surface area contributed by atoms with Crippen LogP contribution >= 0.6 is 23.2 Å². The molecule has 0 aromatic heterocycles. The third kappa shape index (κ3) is 3.82. The number of hydrogen-bond donors (Lipinski definition) is 1. The summed E-state index contributed by atoms with van der Waals surface area (Å²) >= 11 is 11.3. The number of alkyl halides is 2. The van der Waals surface area contributed by atoms with E-state index in [1.54, 1.807) is 6.92 Å². The van der Waals surface area contributed by atoms with E-state index in [1.165, 1.54) is 6.07 Å². The molecule has 0 spiro atoms. The normalized spacial score (nSPS) is 11.4. The zero-order chi connectivity index (χ0) is 13.8. The Morgan fingerprint density at radius 3 is 2.22 bits per heavy atom. The number of nitrogens with one attached hydrogen (secondary N) is 1. The van der Waals surface area contributed by atoms with Gasteiger partial charge in [-0.05, 0) is 19.1 Å². The first-order valence-electron chi connectivity index (χ1n) is 5.27. The Morgan fingerprint density at radius 1 is 1.28 bits per heavy atom. The summed E-state index contributed by atoms with van der Waals surface area (Å²) in [6.07, 6.45) is -0.387. The number of hydrogen-bond acceptors (Lipinski definition) is 1. The molecule has 1 amide bonds. The summed E-state index contributed by atoms with van der Waals surface area (Å²) in [6.45, 7) is 1.66. The second kappa shape index (κ2) is 6.34. The third-order valence-corrected chi connectivity index (χ3v) is 3.61. The monoisotopic (exact) mass is 295 g/mol. The van der Waals surface area contributed by atoms with Gasteiger partial charge in [0.15, 0.2) is 0 Å². The van der Waals surface area contributed by atoms with Gasteiger partial charge >= 0.3 is 0 Å². The van der Waals surface area contributed by atoms with Gasteiger partial charge in [-0.1, -0.05) is 6.07 Å². The number of rotatable bonds is 5. The van der Waals surface area contributed by atoms with E-state index in [1.807, 2.05) is 0 Å². The number of carbonyl (C=O) groups excluding carboxylic acids is 1. The Balaban J connectivity index is 2.77. The Hall–Kier alpha value is -0.870. The maximum absolute atomic E-state index is 13.3. The van der Waals surface area contributed by atoms with E-state index in [2.05, 4.69) is 5.32 Å². The summed E-state index contributed by atoms with van der Waals surface area (Å²) in [5.74, 6) is -1.79. The number of benzene rings is 1. The average molecular weight is 296 g/mol. The van der Waals surface area contributed by atoms with Gasteiger partial charge in [0, 0.05) is 17.3 Å². The minimum Gasteiger partial charge on any atom is -0.348 e. The zero-order valence-electron chi connectivity index (χ0n) is 9.77. The van der Waals surface area contributed by atoms with Gasteiger partial charge in [0.05, 0.1) is 12.0 Å². The van der Waals surface area contributed by atoms with Crippen molar-refractivity contribution in [1.82, 2.24) is 5.32 Å². The quantitative estimate of drug-likeness (QED) is 0.832. The summed E-state index contributed by atoms with van der Waals surface area (Å²) in [5.41, 5.74) is -1.05. The Labute approximate surface area is 114 Å². The highest BCUT2D eigenvalue weighted by Gasteiger charge is 2.25. The van der Waals surface area contributed by atoms with Crippen molar-refractivity contribution in [2.24, 2.45) is 0 Å². The van der Waals surface area contributed by atoms with Gasteiger partial charge < -0.3 is 5.32 Å². The molecular formula is C12H13Cl2F2NO. The van der Waals surface area contributed by atoms with Crippen LogP contribution in [-0.2, 0) is 11.2 Å². The van der Waals surface area contributed by atoms with Crippen molar-refractivity contribution >= 4 is 29.1 Å². The lowest BCUT2D eigenvalue weighted by atomic mass is 10.1. The highest BCUT2D eigenvalue weighted by atomic mass is 35.5. The molecule has 0 heterocycles. The third-order valence-electron chi connectivity index (χ3n) is 2.43. The minimum atomic E-state index is -0.790. The van der Waals surface area contributed by atoms with Crippen LogP contribution in [0.25, 0.3) is 0 Å². The Kier molecular flexibility index (Phi) is 5.35. The molecule has 0 unspecified atom stereocenters. The zero-order valence-corrected chi connectivity index (χ0v) is 11.3. The molecule has 6 heteroatoms. The van der Waals surface area contributed by atoms with E-state index < -0.39 is 23.1 Å². The average Bonchev–Trinajstić information content (AvgIpc) is 2.34. The Bertz CT molecular complexity index is 416. The van der Waals surface area contributed by atoms with Gasteiger partial charge in [0.25, 0.3) is 0 Å². The van der Waals surface area contributed by atoms with Crippen molar-refractivity contribution < 1.29 is 13.6 Å². The Morgan fingerprint density at radius 2 is 1.78 bits per heavy atom. The first kappa shape index (κ1) is 15.2. The van der Waals surface area contributed by atoms with E-state index in [4.69, 9.17) is 23.2 Å². The number of amides is 1. The van der Waals surface area contributed by atoms with Gasteiger partial charge in [-0.2, -0.15) is 0 Å². The SMILES string of the molecule is CC(CCl)(CCl)NC(=O)Cc1c(F)cccc1F. The van der Waals surface area contributed by atoms with Crippen LogP contribution in [0.5, 0.6) is 0 Å². The lowest BCUT2D eigenvalue weighted by Gasteiger charge is -2.25. The molecule has 1 aromatic carbocycles. The fourth-order valence-electron chi connectivity index (χ4n) is 1.35. The standard InChI is InChI=1S/C12H13Cl2F2NO/c1-12(6-13,7-14)17-11(18)5-8-9(15)3-2-4-10(8)16/h2-4H,5-7H2,1H3,(H,17,18). The van der Waals surface area contributed by atoms with Gasteiger partial charge in [0.2, 0.25) is 5.91 Å². The summed E-state index contributed by atoms with van der Waals surface area (Å²) < 4.78 is 26.7. The lowest BCUT2D eigenvalue weighted by Crippen LogP contribution is -2.49. The van der Waals surface area contributed by atoms with Crippen LogP contribution in [0.2, 0.25) is 0 Å². The van der Waals surface area contributed by atoms with Gasteiger partial charge in [-0.3, -0.25) is 4.79 Å². The van der Waals surface area contributed by atoms with Crippen LogP contribution in [0.4, 0.5) is 8.78 Å². The summed E-state index contributed by atoms with van der Waals surface area (Å²) in [6, 6.07) is 3.45. The molecule has 0 fully saturated rings. The van der Waals surface area contributed by atoms with Crippen LogP contribution in [0.1, 0.15) is 12.5 Å². The van der Waals surface area contributed by atoms with Crippen LogP contribution in [0.15, 0.2) is 18.2 Å². The number of halogens is 4. The molecule has 0 aliphatic rings. The summed E-state index contributed by atoms with van der Waals surface area (Å²) in [7, 11) is 0. The van der Waals surface area contributed by atoms with E-state index in [-0.39, 0.29) is 23.7 Å². The van der Waals surface area contributed by atoms with Gasteiger partial charge in [0.1, 0.15) is 11.6 Å². The minimum absolute atomic E-state index is 0.113. The largest absolute Gasteiger partial charge is 0.348 e. The summed E-state index contributed by atoms with van der Waals surface area (Å²) in [5, 5.41) is 2.56. The molecule has 0 saturated carbocycles. The first-order chi connectivity index (χ1) is 8.41. The molecule has 0 aliphatic carbocycles. The predicted octanol–water partition coefficient (Wildman–Crippen LogP) is 2.86. The molecule has 0 radical (unpaired) electrons. The van der Waals surface area contributed by atoms with Crippen LogP contribution in [0.3, 0.4) is 0 Å². The first-order valence-corrected chi connectivity index (χ1v) is 6.34. The van der Waals surface area contributed by atoms with Crippen molar-refractivity contribution in [3.63, 3.8) is 0 Å². The fourth-order valence-corrected chi connectivity index (χ4v) is 1.76. The molecule has 100 valence electrons. The molecule has 1 aromatic rings. The molecular weight excluding hydrogens is 283 g/mol. The second-order valence-corrected chi connectivity index (χ2v) is 4.79. The van der Waals surface area contributed by atoms with E-state index >= 15 is 0 Å². The fraction of sp³-hybridized carbons (Fsp3) is 0.417. The van der Waals surface area contributed by atoms with Crippen molar-refractivity contribution in [2.45, 2.75) is 18.9 Å². The second-order valence-electron chi connectivity index (χ2n) is 4.25. The van der Waals surface area contributed by atoms with E-state index in [0.717, 1.165) is 12.1 Å². The molecule has 18 heavy (non-hydrogen) atoms. The van der Waals surface area contributed by atoms with Crippen molar-refractivity contribution in [1.29, 1.82) is 0 Å². The maximum atomic E-state index is 13.3. The topological polar surface area (TPSA) is 29.1 Å². The van der Waals surface area contributed by atoms with E-state index in [0.29, 0.717) is 0 Å². The van der Waals surface area contributed by atoms with Crippen LogP contribution in [0, 0.1) is 11.6 Å². The van der Waals surface area contributed by atoms with Gasteiger partial charge in [-0.25, -0.2) is 8.78 Å². The smallest absolute Gasteiger partial charge is 0.225 e. The molecule has 0 atom stereocenters. The molecule has 1 N–H and O–H groups in total. The van der Waals surface area contributed by atoms with Crippen molar-refractivity contribution in [2.75, 3.05) is 11.8 Å². The van der Waals surface area contributed by atoms with Crippen LogP contribution < -0.4 is 5.32 Å². The van der Waals surface area contributed by atoms with Crippen molar-refractivity contribution in [3.8, 4) is 0 Å². The van der Waals surface area contributed by atoms with E-state index in [9.17, 15) is 13.6 Å². The molecule has 2 nitrogen and oxygen atoms in total. The molecule has 1 rings (SSSR count). The van der Waals surface area contributed by atoms with Crippen molar-refractivity contribution in [3.05, 3.63) is 35.4 Å². The lowest BCUT2D eigenvalue weighted by molar-refractivity contribution is -0.121. The molecule has 0 bridgehead atoms.